The van der Waals surface area contributed by atoms with E-state index in [2.05, 4.69) is 33.4 Å². The number of hydrogen-bond acceptors (Lipinski definition) is 5. The third-order valence-corrected chi connectivity index (χ3v) is 6.33. The van der Waals surface area contributed by atoms with Gasteiger partial charge in [0.1, 0.15) is 0 Å². The van der Waals surface area contributed by atoms with Crippen LogP contribution in [0.2, 0.25) is 5.02 Å². The Morgan fingerprint density at radius 1 is 1.41 bits per heavy atom. The number of aromatic amines is 1. The number of likely N-dealkylation sites (tertiary alicyclic amines) is 1. The molecule has 2 aliphatic rings. The SMILES string of the molecule is CC1(N2CCC(c3cc(Nc4cn[nH]c4)c(C=N)cc3Cl)CC2)CCOC1. The standard InChI is InChI=1S/C20H26ClN5O/c1-20(4-7-27-13-20)26-5-2-14(3-6-26)17-9-19(15(10-22)8-18(17)21)25-16-11-23-24-12-16/h8-12,14,22,25H,2-7,13H2,1H3,(H,23,24). The molecule has 2 aliphatic heterocycles. The quantitative estimate of drug-likeness (QED) is 0.673. The van der Waals surface area contributed by atoms with Gasteiger partial charge in [-0.05, 0) is 62.9 Å². The zero-order valence-corrected chi connectivity index (χ0v) is 16.4. The lowest BCUT2D eigenvalue weighted by Crippen LogP contribution is -2.50. The van der Waals surface area contributed by atoms with E-state index in [0.717, 1.165) is 67.5 Å². The number of rotatable bonds is 5. The van der Waals surface area contributed by atoms with Crippen molar-refractivity contribution in [2.75, 3.05) is 31.6 Å². The average Bonchev–Trinajstić information content (AvgIpc) is 3.35. The Bertz CT molecular complexity index is 793. The maximum atomic E-state index is 7.70. The molecule has 6 nitrogen and oxygen atoms in total. The van der Waals surface area contributed by atoms with Gasteiger partial charge in [-0.1, -0.05) is 11.6 Å². The maximum Gasteiger partial charge on any atom is 0.0767 e. The normalized spacial score (nSPS) is 24.2. The molecule has 1 atom stereocenters. The minimum Gasteiger partial charge on any atom is -0.379 e. The van der Waals surface area contributed by atoms with Gasteiger partial charge in [0.15, 0.2) is 0 Å². The second-order valence-corrected chi connectivity index (χ2v) is 8.19. The fourth-order valence-corrected chi connectivity index (χ4v) is 4.58. The Morgan fingerprint density at radius 3 is 2.85 bits per heavy atom. The number of piperidine rings is 1. The van der Waals surface area contributed by atoms with Gasteiger partial charge in [-0.3, -0.25) is 10.00 Å². The van der Waals surface area contributed by atoms with E-state index < -0.39 is 0 Å². The summed E-state index contributed by atoms with van der Waals surface area (Å²) in [5.74, 6) is 0.435. The first-order valence-electron chi connectivity index (χ1n) is 9.51. The highest BCUT2D eigenvalue weighted by molar-refractivity contribution is 6.32. The van der Waals surface area contributed by atoms with Gasteiger partial charge in [-0.15, -0.1) is 0 Å². The molecule has 0 aliphatic carbocycles. The van der Waals surface area contributed by atoms with Crippen molar-refractivity contribution in [3.05, 3.63) is 40.7 Å². The monoisotopic (exact) mass is 387 g/mol. The maximum absolute atomic E-state index is 7.70. The van der Waals surface area contributed by atoms with Crippen molar-refractivity contribution in [3.63, 3.8) is 0 Å². The van der Waals surface area contributed by atoms with Gasteiger partial charge < -0.3 is 15.5 Å². The van der Waals surface area contributed by atoms with Gasteiger partial charge in [0.25, 0.3) is 0 Å². The largest absolute Gasteiger partial charge is 0.379 e. The van der Waals surface area contributed by atoms with E-state index in [9.17, 15) is 0 Å². The molecule has 7 heteroatoms. The van der Waals surface area contributed by atoms with E-state index in [1.165, 1.54) is 11.8 Å². The molecule has 1 aromatic heterocycles. The predicted molar refractivity (Wildman–Crippen MR) is 109 cm³/mol. The highest BCUT2D eigenvalue weighted by Gasteiger charge is 2.38. The van der Waals surface area contributed by atoms with Gasteiger partial charge in [-0.2, -0.15) is 5.10 Å². The lowest BCUT2D eigenvalue weighted by molar-refractivity contribution is 0.0582. The molecule has 0 saturated carbocycles. The summed E-state index contributed by atoms with van der Waals surface area (Å²) >= 11 is 6.60. The van der Waals surface area contributed by atoms with E-state index in [0.29, 0.717) is 5.92 Å². The summed E-state index contributed by atoms with van der Waals surface area (Å²) in [6.45, 7) is 6.16. The lowest BCUT2D eigenvalue weighted by Gasteiger charge is -2.42. The number of benzene rings is 1. The summed E-state index contributed by atoms with van der Waals surface area (Å²) in [6.07, 6.45) is 8.15. The van der Waals surface area contributed by atoms with E-state index >= 15 is 0 Å². The molecular formula is C20H26ClN5O. The number of H-pyrrole nitrogens is 1. The molecule has 0 radical (unpaired) electrons. The molecule has 0 spiro atoms. The van der Waals surface area contributed by atoms with Gasteiger partial charge in [0.2, 0.25) is 0 Å². The van der Waals surface area contributed by atoms with Crippen molar-refractivity contribution in [2.45, 2.75) is 37.6 Å². The van der Waals surface area contributed by atoms with Crippen molar-refractivity contribution in [1.29, 1.82) is 5.41 Å². The first-order valence-corrected chi connectivity index (χ1v) is 9.89. The van der Waals surface area contributed by atoms with Gasteiger partial charge in [-0.25, -0.2) is 0 Å². The number of nitrogens with one attached hydrogen (secondary N) is 3. The van der Waals surface area contributed by atoms with Crippen molar-refractivity contribution >= 4 is 29.2 Å². The first-order chi connectivity index (χ1) is 13.1. The predicted octanol–water partition coefficient (Wildman–Crippen LogP) is 4.16. The third-order valence-electron chi connectivity index (χ3n) is 6.00. The second-order valence-electron chi connectivity index (χ2n) is 7.78. The molecule has 0 amide bonds. The van der Waals surface area contributed by atoms with Gasteiger partial charge >= 0.3 is 0 Å². The third kappa shape index (κ3) is 3.74. The topological polar surface area (TPSA) is 77.0 Å². The summed E-state index contributed by atoms with van der Waals surface area (Å²) < 4.78 is 5.64. The Labute approximate surface area is 164 Å². The van der Waals surface area contributed by atoms with Crippen LogP contribution in [0.3, 0.4) is 0 Å². The molecule has 3 N–H and O–H groups in total. The molecule has 3 heterocycles. The van der Waals surface area contributed by atoms with Crippen LogP contribution in [0.1, 0.15) is 43.2 Å². The average molecular weight is 388 g/mol. The zero-order chi connectivity index (χ0) is 18.9. The smallest absolute Gasteiger partial charge is 0.0767 e. The van der Waals surface area contributed by atoms with Crippen LogP contribution in [0.15, 0.2) is 24.5 Å². The number of ether oxygens (including phenoxy) is 1. The van der Waals surface area contributed by atoms with Crippen LogP contribution in [-0.4, -0.2) is 53.2 Å². The summed E-state index contributed by atoms with van der Waals surface area (Å²) in [4.78, 5) is 2.58. The summed E-state index contributed by atoms with van der Waals surface area (Å²) in [7, 11) is 0. The van der Waals surface area contributed by atoms with Crippen LogP contribution in [-0.2, 0) is 4.74 Å². The van der Waals surface area contributed by atoms with Crippen LogP contribution in [0, 0.1) is 5.41 Å². The highest BCUT2D eigenvalue weighted by atomic mass is 35.5. The summed E-state index contributed by atoms with van der Waals surface area (Å²) in [5, 5.41) is 18.6. The van der Waals surface area contributed by atoms with E-state index in [1.54, 1.807) is 12.4 Å². The molecule has 144 valence electrons. The first kappa shape index (κ1) is 18.5. The van der Waals surface area contributed by atoms with E-state index in [4.69, 9.17) is 21.7 Å². The Balaban J connectivity index is 1.52. The van der Waals surface area contributed by atoms with Crippen molar-refractivity contribution in [2.24, 2.45) is 0 Å². The van der Waals surface area contributed by atoms with Crippen LogP contribution in [0.25, 0.3) is 0 Å². The molecule has 1 unspecified atom stereocenters. The van der Waals surface area contributed by atoms with Crippen molar-refractivity contribution < 1.29 is 4.74 Å². The van der Waals surface area contributed by atoms with Crippen LogP contribution in [0.5, 0.6) is 0 Å². The molecule has 2 saturated heterocycles. The summed E-state index contributed by atoms with van der Waals surface area (Å²) in [6, 6.07) is 4.00. The molecule has 4 rings (SSSR count). The molecule has 27 heavy (non-hydrogen) atoms. The van der Waals surface area contributed by atoms with E-state index in [1.807, 2.05) is 6.07 Å². The molecule has 2 fully saturated rings. The van der Waals surface area contributed by atoms with Crippen LogP contribution in [0.4, 0.5) is 11.4 Å². The molecule has 1 aromatic carbocycles. The number of nitrogens with zero attached hydrogens (tertiary/aromatic N) is 2. The van der Waals surface area contributed by atoms with Crippen LogP contribution < -0.4 is 5.32 Å². The molecule has 2 aromatic rings. The van der Waals surface area contributed by atoms with Crippen LogP contribution >= 0.6 is 11.6 Å². The van der Waals surface area contributed by atoms with Crippen molar-refractivity contribution in [3.8, 4) is 0 Å². The molecule has 0 bridgehead atoms. The van der Waals surface area contributed by atoms with Gasteiger partial charge in [0.05, 0.1) is 18.5 Å². The highest BCUT2D eigenvalue weighted by Crippen LogP contribution is 2.39. The number of hydrogen-bond donors (Lipinski definition) is 3. The van der Waals surface area contributed by atoms with Gasteiger partial charge in [0, 0.05) is 40.8 Å². The Hall–Kier alpha value is -1.89. The Kier molecular flexibility index (Phi) is 5.21. The molecular weight excluding hydrogens is 362 g/mol. The van der Waals surface area contributed by atoms with Crippen molar-refractivity contribution in [1.82, 2.24) is 15.1 Å². The number of aromatic nitrogens is 2. The number of halogens is 1. The fraction of sp³-hybridized carbons (Fsp3) is 0.500. The lowest BCUT2D eigenvalue weighted by atomic mass is 9.86. The van der Waals surface area contributed by atoms with E-state index in [-0.39, 0.29) is 5.54 Å². The fourth-order valence-electron chi connectivity index (χ4n) is 4.26. The Morgan fingerprint density at radius 2 is 2.22 bits per heavy atom. The second kappa shape index (κ2) is 7.62. The minimum absolute atomic E-state index is 0.187. The number of anilines is 2. The minimum atomic E-state index is 0.187. The zero-order valence-electron chi connectivity index (χ0n) is 15.6. The summed E-state index contributed by atoms with van der Waals surface area (Å²) in [5.41, 5.74) is 3.89.